The van der Waals surface area contributed by atoms with Gasteiger partial charge in [0.2, 0.25) is 5.28 Å². The molecule has 0 spiro atoms. The van der Waals surface area contributed by atoms with Crippen LogP contribution in [0.5, 0.6) is 0 Å². The highest BCUT2D eigenvalue weighted by molar-refractivity contribution is 9.10. The van der Waals surface area contributed by atoms with Crippen molar-refractivity contribution in [2.45, 2.75) is 53.2 Å². The zero-order valence-electron chi connectivity index (χ0n) is 14.3. The van der Waals surface area contributed by atoms with E-state index in [2.05, 4.69) is 57.3 Å². The molecule has 0 aliphatic carbocycles. The van der Waals surface area contributed by atoms with E-state index in [0.29, 0.717) is 16.8 Å². The van der Waals surface area contributed by atoms with Crippen LogP contribution in [0.25, 0.3) is 0 Å². The van der Waals surface area contributed by atoms with E-state index in [4.69, 9.17) is 16.3 Å². The van der Waals surface area contributed by atoms with Crippen LogP contribution in [0.2, 0.25) is 5.28 Å². The predicted octanol–water partition coefficient (Wildman–Crippen LogP) is 4.24. The first-order chi connectivity index (χ1) is 10.4. The molecule has 23 heavy (non-hydrogen) atoms. The highest BCUT2D eigenvalue weighted by Crippen LogP contribution is 2.26. The molecule has 1 unspecified atom stereocenters. The summed E-state index contributed by atoms with van der Waals surface area (Å²) >= 11 is 9.23. The third-order valence-electron chi connectivity index (χ3n) is 2.92. The van der Waals surface area contributed by atoms with Gasteiger partial charge in [-0.2, -0.15) is 4.98 Å². The topological polar surface area (TPSA) is 76.1 Å². The number of ether oxygens (including phenoxy) is 1. The van der Waals surface area contributed by atoms with Crippen molar-refractivity contribution < 1.29 is 9.53 Å². The molecule has 0 aliphatic rings. The zero-order chi connectivity index (χ0) is 17.8. The lowest BCUT2D eigenvalue weighted by Crippen LogP contribution is -2.45. The lowest BCUT2D eigenvalue weighted by Gasteiger charge is -2.32. The highest BCUT2D eigenvalue weighted by Gasteiger charge is 2.27. The summed E-state index contributed by atoms with van der Waals surface area (Å²) in [6, 6.07) is -0.0858. The van der Waals surface area contributed by atoms with Crippen molar-refractivity contribution in [3.8, 4) is 0 Å². The number of nitrogens with one attached hydrogen (secondary N) is 2. The molecule has 0 saturated carbocycles. The van der Waals surface area contributed by atoms with Gasteiger partial charge < -0.3 is 15.4 Å². The van der Waals surface area contributed by atoms with Crippen LogP contribution in [0.4, 0.5) is 10.6 Å². The Labute approximate surface area is 150 Å². The van der Waals surface area contributed by atoms with Crippen molar-refractivity contribution in [2.24, 2.45) is 5.41 Å². The zero-order valence-corrected chi connectivity index (χ0v) is 16.7. The Morgan fingerprint density at radius 3 is 2.48 bits per heavy atom. The number of aromatic nitrogens is 2. The number of hydrogen-bond donors (Lipinski definition) is 2. The number of rotatable bonds is 4. The van der Waals surface area contributed by atoms with Gasteiger partial charge in [-0.25, -0.2) is 9.78 Å². The maximum atomic E-state index is 11.8. The van der Waals surface area contributed by atoms with Gasteiger partial charge in [0.1, 0.15) is 11.4 Å². The molecule has 1 atom stereocenters. The van der Waals surface area contributed by atoms with Crippen molar-refractivity contribution in [3.05, 3.63) is 16.0 Å². The van der Waals surface area contributed by atoms with Gasteiger partial charge in [0.25, 0.3) is 0 Å². The third-order valence-corrected chi connectivity index (χ3v) is 3.68. The number of hydrogen-bond acceptors (Lipinski definition) is 5. The van der Waals surface area contributed by atoms with E-state index < -0.39 is 11.7 Å². The summed E-state index contributed by atoms with van der Waals surface area (Å²) in [7, 11) is 0. The molecule has 1 heterocycles. The molecule has 1 aromatic heterocycles. The Morgan fingerprint density at radius 2 is 1.96 bits per heavy atom. The van der Waals surface area contributed by atoms with E-state index in [1.54, 1.807) is 6.20 Å². The number of carbonyl (C=O) groups excluding carboxylic acids is 1. The maximum absolute atomic E-state index is 11.8. The van der Waals surface area contributed by atoms with E-state index >= 15 is 0 Å². The van der Waals surface area contributed by atoms with Crippen LogP contribution in [-0.2, 0) is 4.74 Å². The third kappa shape index (κ3) is 7.35. The fourth-order valence-electron chi connectivity index (χ4n) is 1.69. The molecule has 0 aromatic carbocycles. The quantitative estimate of drug-likeness (QED) is 0.730. The van der Waals surface area contributed by atoms with Crippen molar-refractivity contribution in [2.75, 3.05) is 11.9 Å². The van der Waals surface area contributed by atoms with Crippen LogP contribution in [-0.4, -0.2) is 34.2 Å². The number of alkyl carbamates (subject to hydrolysis) is 1. The summed E-state index contributed by atoms with van der Waals surface area (Å²) in [4.78, 5) is 19.9. The van der Waals surface area contributed by atoms with E-state index in [-0.39, 0.29) is 16.7 Å². The molecule has 8 heteroatoms. The van der Waals surface area contributed by atoms with Gasteiger partial charge in [0.05, 0.1) is 4.47 Å². The smallest absolute Gasteiger partial charge is 0.407 e. The summed E-state index contributed by atoms with van der Waals surface area (Å²) in [6.45, 7) is 12.1. The lowest BCUT2D eigenvalue weighted by molar-refractivity contribution is 0.0520. The van der Waals surface area contributed by atoms with Gasteiger partial charge in [-0.15, -0.1) is 0 Å². The molecule has 6 nitrogen and oxygen atoms in total. The van der Waals surface area contributed by atoms with Crippen LogP contribution in [0.15, 0.2) is 10.7 Å². The Morgan fingerprint density at radius 1 is 1.35 bits per heavy atom. The number of amides is 1. The monoisotopic (exact) mass is 406 g/mol. The molecular formula is C15H24BrClN4O2. The lowest BCUT2D eigenvalue weighted by atomic mass is 9.86. The average molecular weight is 408 g/mol. The number of nitrogens with zero attached hydrogens (tertiary/aromatic N) is 2. The fraction of sp³-hybridized carbons (Fsp3) is 0.667. The first-order valence-corrected chi connectivity index (χ1v) is 8.47. The Kier molecular flexibility index (Phi) is 6.65. The molecule has 0 bridgehead atoms. The largest absolute Gasteiger partial charge is 0.444 e. The number of anilines is 1. The van der Waals surface area contributed by atoms with Crippen molar-refractivity contribution >= 4 is 39.4 Å². The highest BCUT2D eigenvalue weighted by atomic mass is 79.9. The molecule has 0 saturated heterocycles. The second-order valence-electron chi connectivity index (χ2n) is 7.28. The molecule has 1 rings (SSSR count). The summed E-state index contributed by atoms with van der Waals surface area (Å²) < 4.78 is 5.96. The van der Waals surface area contributed by atoms with Gasteiger partial charge in [-0.3, -0.25) is 0 Å². The van der Waals surface area contributed by atoms with E-state index in [0.717, 1.165) is 0 Å². The molecule has 1 aromatic rings. The van der Waals surface area contributed by atoms with Crippen molar-refractivity contribution in [3.63, 3.8) is 0 Å². The minimum Gasteiger partial charge on any atom is -0.444 e. The Balaban J connectivity index is 2.78. The molecule has 1 amide bonds. The number of carbonyl (C=O) groups is 1. The maximum Gasteiger partial charge on any atom is 0.407 e. The van der Waals surface area contributed by atoms with Crippen molar-refractivity contribution in [1.29, 1.82) is 0 Å². The molecule has 0 aliphatic heterocycles. The SMILES string of the molecule is CC(C)(C)OC(=O)NCC(Nc1nc(Cl)ncc1Br)C(C)(C)C. The first-order valence-electron chi connectivity index (χ1n) is 7.30. The molecule has 2 N–H and O–H groups in total. The summed E-state index contributed by atoms with van der Waals surface area (Å²) in [5, 5.41) is 6.23. The van der Waals surface area contributed by atoms with Gasteiger partial charge in [-0.1, -0.05) is 20.8 Å². The van der Waals surface area contributed by atoms with E-state index in [1.807, 2.05) is 20.8 Å². The van der Waals surface area contributed by atoms with Crippen LogP contribution < -0.4 is 10.6 Å². The summed E-state index contributed by atoms with van der Waals surface area (Å²) in [5.41, 5.74) is -0.663. The standard InChI is InChI=1S/C15H24BrClN4O2/c1-14(2,3)10(8-19-13(22)23-15(4,5)6)20-11-9(16)7-18-12(17)21-11/h7,10H,8H2,1-6H3,(H,19,22)(H,18,20,21). The van der Waals surface area contributed by atoms with Crippen LogP contribution in [0.1, 0.15) is 41.5 Å². The normalized spacial score (nSPS) is 13.4. The molecule has 0 radical (unpaired) electrons. The average Bonchev–Trinajstić information content (AvgIpc) is 2.34. The summed E-state index contributed by atoms with van der Waals surface area (Å²) in [5.74, 6) is 0.580. The van der Waals surface area contributed by atoms with Crippen LogP contribution in [0.3, 0.4) is 0 Å². The van der Waals surface area contributed by atoms with E-state index in [1.165, 1.54) is 0 Å². The fourth-order valence-corrected chi connectivity index (χ4v) is 2.12. The summed E-state index contributed by atoms with van der Waals surface area (Å²) in [6.07, 6.45) is 1.13. The Bertz CT molecular complexity index is 555. The number of halogens is 2. The van der Waals surface area contributed by atoms with Gasteiger partial charge >= 0.3 is 6.09 Å². The molecular weight excluding hydrogens is 384 g/mol. The van der Waals surface area contributed by atoms with Crippen LogP contribution >= 0.6 is 27.5 Å². The van der Waals surface area contributed by atoms with Gasteiger partial charge in [0, 0.05) is 18.8 Å². The van der Waals surface area contributed by atoms with E-state index in [9.17, 15) is 4.79 Å². The second-order valence-corrected chi connectivity index (χ2v) is 8.47. The van der Waals surface area contributed by atoms with Gasteiger partial charge in [-0.05, 0) is 53.7 Å². The van der Waals surface area contributed by atoms with Crippen LogP contribution in [0, 0.1) is 5.41 Å². The minimum atomic E-state index is -0.530. The Hall–Kier alpha value is -1.08. The first kappa shape index (κ1) is 20.0. The molecule has 0 fully saturated rings. The second kappa shape index (κ2) is 7.66. The van der Waals surface area contributed by atoms with Gasteiger partial charge in [0.15, 0.2) is 0 Å². The van der Waals surface area contributed by atoms with Crippen molar-refractivity contribution in [1.82, 2.24) is 15.3 Å². The minimum absolute atomic E-state index is 0.0858. The predicted molar refractivity (Wildman–Crippen MR) is 95.8 cm³/mol. The molecule has 130 valence electrons.